The first-order valence-electron chi connectivity index (χ1n) is 6.90. The van der Waals surface area contributed by atoms with Crippen LogP contribution >= 0.6 is 0 Å². The zero-order valence-corrected chi connectivity index (χ0v) is 10.9. The van der Waals surface area contributed by atoms with Gasteiger partial charge >= 0.3 is 0 Å². The fourth-order valence-electron chi connectivity index (χ4n) is 2.84. The molecule has 2 saturated heterocycles. The van der Waals surface area contributed by atoms with Crippen LogP contribution in [-0.4, -0.2) is 36.4 Å². The zero-order chi connectivity index (χ0) is 12.4. The second-order valence-corrected chi connectivity index (χ2v) is 5.68. The van der Waals surface area contributed by atoms with Crippen molar-refractivity contribution >= 4 is 0 Å². The molecule has 0 bridgehead atoms. The summed E-state index contributed by atoms with van der Waals surface area (Å²) in [4.78, 5) is 4.66. The van der Waals surface area contributed by atoms with Gasteiger partial charge in [-0.3, -0.25) is 0 Å². The van der Waals surface area contributed by atoms with Crippen LogP contribution in [-0.2, 0) is 10.2 Å². The zero-order valence-electron chi connectivity index (χ0n) is 10.9. The SMILES string of the molecule is CC1(c2noc(C3CCOCC3)n2)CCCNC1. The number of hydrogen-bond acceptors (Lipinski definition) is 5. The first-order chi connectivity index (χ1) is 8.78. The molecular weight excluding hydrogens is 230 g/mol. The Morgan fingerprint density at radius 3 is 2.89 bits per heavy atom. The summed E-state index contributed by atoms with van der Waals surface area (Å²) < 4.78 is 10.8. The van der Waals surface area contributed by atoms with Gasteiger partial charge in [0, 0.05) is 31.1 Å². The maximum absolute atomic E-state index is 5.48. The summed E-state index contributed by atoms with van der Waals surface area (Å²) in [7, 11) is 0. The molecule has 0 aromatic carbocycles. The molecule has 0 aliphatic carbocycles. The van der Waals surface area contributed by atoms with Crippen LogP contribution in [0.3, 0.4) is 0 Å². The second kappa shape index (κ2) is 4.97. The molecule has 2 fully saturated rings. The Hall–Kier alpha value is -0.940. The lowest BCUT2D eigenvalue weighted by molar-refractivity contribution is 0.0778. The van der Waals surface area contributed by atoms with E-state index in [0.717, 1.165) is 57.3 Å². The van der Waals surface area contributed by atoms with Crippen molar-refractivity contribution in [2.75, 3.05) is 26.3 Å². The minimum atomic E-state index is 0.0329. The standard InChI is InChI=1S/C13H21N3O2/c1-13(5-2-6-14-9-13)12-15-11(18-16-12)10-3-7-17-8-4-10/h10,14H,2-9H2,1H3. The van der Waals surface area contributed by atoms with Gasteiger partial charge in [0.05, 0.1) is 0 Å². The monoisotopic (exact) mass is 251 g/mol. The van der Waals surface area contributed by atoms with E-state index in [9.17, 15) is 0 Å². The molecule has 1 aromatic heterocycles. The number of nitrogens with zero attached hydrogens (tertiary/aromatic N) is 2. The normalized spacial score (nSPS) is 30.5. The first-order valence-corrected chi connectivity index (χ1v) is 6.90. The van der Waals surface area contributed by atoms with Crippen LogP contribution in [0.15, 0.2) is 4.52 Å². The Morgan fingerprint density at radius 2 is 2.17 bits per heavy atom. The number of hydrogen-bond donors (Lipinski definition) is 1. The van der Waals surface area contributed by atoms with E-state index in [1.165, 1.54) is 6.42 Å². The van der Waals surface area contributed by atoms with Gasteiger partial charge in [0.25, 0.3) is 0 Å². The summed E-state index contributed by atoms with van der Waals surface area (Å²) in [5.74, 6) is 2.07. The molecule has 1 atom stereocenters. The summed E-state index contributed by atoms with van der Waals surface area (Å²) in [5, 5.41) is 7.64. The average Bonchev–Trinajstić information content (AvgIpc) is 2.91. The van der Waals surface area contributed by atoms with Crippen LogP contribution < -0.4 is 5.32 Å². The quantitative estimate of drug-likeness (QED) is 0.865. The largest absolute Gasteiger partial charge is 0.381 e. The molecule has 0 radical (unpaired) electrons. The van der Waals surface area contributed by atoms with Crippen LogP contribution in [0.2, 0.25) is 0 Å². The predicted octanol–water partition coefficient (Wildman–Crippen LogP) is 1.60. The van der Waals surface area contributed by atoms with Crippen molar-refractivity contribution in [1.29, 1.82) is 0 Å². The van der Waals surface area contributed by atoms with Gasteiger partial charge in [0.2, 0.25) is 5.89 Å². The van der Waals surface area contributed by atoms with Gasteiger partial charge < -0.3 is 14.6 Å². The van der Waals surface area contributed by atoms with Crippen LogP contribution in [0.25, 0.3) is 0 Å². The molecule has 0 saturated carbocycles. The molecule has 18 heavy (non-hydrogen) atoms. The lowest BCUT2D eigenvalue weighted by Crippen LogP contribution is -2.41. The van der Waals surface area contributed by atoms with Crippen LogP contribution in [0.4, 0.5) is 0 Å². The Kier molecular flexibility index (Phi) is 3.35. The number of ether oxygens (including phenoxy) is 1. The summed E-state index contributed by atoms with van der Waals surface area (Å²) in [6, 6.07) is 0. The smallest absolute Gasteiger partial charge is 0.229 e. The van der Waals surface area contributed by atoms with Crippen LogP contribution in [0.5, 0.6) is 0 Å². The second-order valence-electron chi connectivity index (χ2n) is 5.68. The van der Waals surface area contributed by atoms with E-state index in [1.54, 1.807) is 0 Å². The molecule has 2 aliphatic rings. The molecular formula is C13H21N3O2. The first kappa shape index (κ1) is 12.1. The maximum Gasteiger partial charge on any atom is 0.229 e. The summed E-state index contributed by atoms with van der Waals surface area (Å²) in [5.41, 5.74) is 0.0329. The summed E-state index contributed by atoms with van der Waals surface area (Å²) >= 11 is 0. The van der Waals surface area contributed by atoms with Crippen molar-refractivity contribution < 1.29 is 9.26 Å². The van der Waals surface area contributed by atoms with Gasteiger partial charge in [-0.05, 0) is 32.2 Å². The molecule has 0 amide bonds. The van der Waals surface area contributed by atoms with E-state index in [4.69, 9.17) is 9.26 Å². The lowest BCUT2D eigenvalue weighted by Gasteiger charge is -2.30. The lowest BCUT2D eigenvalue weighted by atomic mass is 9.82. The van der Waals surface area contributed by atoms with Crippen LogP contribution in [0, 0.1) is 0 Å². The number of rotatable bonds is 2. The minimum Gasteiger partial charge on any atom is -0.381 e. The Morgan fingerprint density at radius 1 is 1.33 bits per heavy atom. The third-order valence-electron chi connectivity index (χ3n) is 4.15. The van der Waals surface area contributed by atoms with E-state index in [0.29, 0.717) is 5.92 Å². The van der Waals surface area contributed by atoms with Crippen molar-refractivity contribution in [3.63, 3.8) is 0 Å². The molecule has 2 aliphatic heterocycles. The van der Waals surface area contributed by atoms with Crippen LogP contribution in [0.1, 0.15) is 50.2 Å². The molecule has 5 heteroatoms. The van der Waals surface area contributed by atoms with Gasteiger partial charge in [0.15, 0.2) is 5.82 Å². The van der Waals surface area contributed by atoms with E-state index in [2.05, 4.69) is 22.4 Å². The van der Waals surface area contributed by atoms with Gasteiger partial charge in [0.1, 0.15) is 0 Å². The minimum absolute atomic E-state index is 0.0329. The predicted molar refractivity (Wildman–Crippen MR) is 66.5 cm³/mol. The highest BCUT2D eigenvalue weighted by Gasteiger charge is 2.34. The molecule has 1 unspecified atom stereocenters. The molecule has 0 spiro atoms. The third-order valence-corrected chi connectivity index (χ3v) is 4.15. The molecule has 3 heterocycles. The van der Waals surface area contributed by atoms with Gasteiger partial charge in [-0.1, -0.05) is 12.1 Å². The molecule has 1 N–H and O–H groups in total. The van der Waals surface area contributed by atoms with Crippen molar-refractivity contribution in [3.05, 3.63) is 11.7 Å². The number of aromatic nitrogens is 2. The fraction of sp³-hybridized carbons (Fsp3) is 0.846. The average molecular weight is 251 g/mol. The van der Waals surface area contributed by atoms with Crippen molar-refractivity contribution in [1.82, 2.24) is 15.5 Å². The van der Waals surface area contributed by atoms with E-state index in [1.807, 2.05) is 0 Å². The third kappa shape index (κ3) is 2.29. The molecule has 3 rings (SSSR count). The van der Waals surface area contributed by atoms with E-state index >= 15 is 0 Å². The fourth-order valence-corrected chi connectivity index (χ4v) is 2.84. The topological polar surface area (TPSA) is 60.2 Å². The van der Waals surface area contributed by atoms with E-state index < -0.39 is 0 Å². The van der Waals surface area contributed by atoms with Crippen molar-refractivity contribution in [2.24, 2.45) is 0 Å². The summed E-state index contributed by atoms with van der Waals surface area (Å²) in [6.07, 6.45) is 4.30. The highest BCUT2D eigenvalue weighted by molar-refractivity contribution is 5.09. The van der Waals surface area contributed by atoms with Gasteiger partial charge in [-0.15, -0.1) is 0 Å². The van der Waals surface area contributed by atoms with Gasteiger partial charge in [-0.2, -0.15) is 4.98 Å². The Labute approximate surface area is 107 Å². The number of piperidine rings is 1. The maximum atomic E-state index is 5.48. The number of nitrogens with one attached hydrogen (secondary N) is 1. The van der Waals surface area contributed by atoms with Crippen molar-refractivity contribution in [2.45, 2.75) is 43.9 Å². The Bertz CT molecular complexity index is 393. The molecule has 5 nitrogen and oxygen atoms in total. The molecule has 1 aromatic rings. The van der Waals surface area contributed by atoms with Gasteiger partial charge in [-0.25, -0.2) is 0 Å². The highest BCUT2D eigenvalue weighted by atomic mass is 16.5. The Balaban J connectivity index is 1.75. The van der Waals surface area contributed by atoms with E-state index in [-0.39, 0.29) is 5.41 Å². The van der Waals surface area contributed by atoms with Crippen molar-refractivity contribution in [3.8, 4) is 0 Å². The highest BCUT2D eigenvalue weighted by Crippen LogP contribution is 2.31. The summed E-state index contributed by atoms with van der Waals surface area (Å²) in [6.45, 7) is 5.88. The molecule has 100 valence electrons.